The van der Waals surface area contributed by atoms with Crippen molar-refractivity contribution >= 4 is 11.0 Å². The van der Waals surface area contributed by atoms with Crippen LogP contribution in [0, 0.1) is 5.92 Å². The second-order valence-corrected chi connectivity index (χ2v) is 18.9. The average Bonchev–Trinajstić information content (AvgIpc) is 3.90. The Labute approximate surface area is 403 Å². The molecule has 8 aromatic rings. The van der Waals surface area contributed by atoms with E-state index < -0.39 is 84.5 Å². The van der Waals surface area contributed by atoms with Gasteiger partial charge in [0.15, 0.2) is 0 Å². The number of benzene rings is 6. The molecule has 2 heterocycles. The first-order valence-electron chi connectivity index (χ1n) is 29.4. The Hall–Kier alpha value is -6.26. The molecule has 0 saturated carbocycles. The lowest BCUT2D eigenvalue weighted by atomic mass is 9.83. The molecule has 0 radical (unpaired) electrons. The minimum Gasteiger partial charge on any atom is -0.507 e. The van der Waals surface area contributed by atoms with Crippen LogP contribution in [0.3, 0.4) is 0 Å². The van der Waals surface area contributed by atoms with Crippen molar-refractivity contribution in [3.05, 3.63) is 167 Å². The van der Waals surface area contributed by atoms with E-state index >= 15 is 0 Å². The van der Waals surface area contributed by atoms with Crippen molar-refractivity contribution in [2.75, 3.05) is 0 Å². The number of hydrogen-bond acceptors (Lipinski definition) is 3. The van der Waals surface area contributed by atoms with Gasteiger partial charge in [0.25, 0.3) is 0 Å². The van der Waals surface area contributed by atoms with Crippen LogP contribution in [-0.4, -0.2) is 19.6 Å². The molecule has 0 spiro atoms. The maximum absolute atomic E-state index is 12.4. The van der Waals surface area contributed by atoms with Crippen LogP contribution in [0.2, 0.25) is 0 Å². The lowest BCUT2D eigenvalue weighted by molar-refractivity contribution is 0.466. The topological polar surface area (TPSA) is 50.9 Å². The van der Waals surface area contributed by atoms with Crippen LogP contribution >= 0.6 is 0 Å². The molecule has 0 aliphatic carbocycles. The van der Waals surface area contributed by atoms with Gasteiger partial charge in [0.2, 0.25) is 0 Å². The summed E-state index contributed by atoms with van der Waals surface area (Å²) in [6.07, 6.45) is 0.210. The van der Waals surface area contributed by atoms with E-state index in [1.54, 1.807) is 6.07 Å². The predicted molar refractivity (Wildman–Crippen MR) is 272 cm³/mol. The first kappa shape index (κ1) is 29.2. The minimum atomic E-state index is -3.83. The average molecular weight is 859 g/mol. The monoisotopic (exact) mass is 859 g/mol. The number of hydrogen-bond donors (Lipinski definition) is 1. The molecule has 0 bridgehead atoms. The van der Waals surface area contributed by atoms with E-state index in [9.17, 15) is 6.48 Å². The van der Waals surface area contributed by atoms with Crippen LogP contribution < -0.4 is 0 Å². The molecule has 6 aromatic carbocycles. The van der Waals surface area contributed by atoms with Crippen molar-refractivity contribution in [3.8, 4) is 67.5 Å². The van der Waals surface area contributed by atoms with Crippen molar-refractivity contribution in [3.63, 3.8) is 0 Å². The zero-order chi connectivity index (χ0) is 58.4. The second-order valence-electron chi connectivity index (χ2n) is 18.9. The Morgan fingerprint density at radius 3 is 2.11 bits per heavy atom. The number of aromatic nitrogens is 3. The van der Waals surface area contributed by atoms with Gasteiger partial charge in [-0.3, -0.25) is 9.55 Å². The summed E-state index contributed by atoms with van der Waals surface area (Å²) in [4.78, 5) is 9.98. The molecule has 1 N–H and O–H groups in total. The van der Waals surface area contributed by atoms with E-state index in [-0.39, 0.29) is 23.3 Å². The predicted octanol–water partition coefficient (Wildman–Crippen LogP) is 16.5. The highest BCUT2D eigenvalue weighted by Crippen LogP contribution is 2.44. The van der Waals surface area contributed by atoms with E-state index in [1.807, 2.05) is 89.2 Å². The highest BCUT2D eigenvalue weighted by atomic mass is 16.3. The van der Waals surface area contributed by atoms with Crippen LogP contribution in [0.5, 0.6) is 5.75 Å². The summed E-state index contributed by atoms with van der Waals surface area (Å²) < 4.78 is 131. The summed E-state index contributed by atoms with van der Waals surface area (Å²) in [5.41, 5.74) is 3.48. The Balaban J connectivity index is 1.44. The van der Waals surface area contributed by atoms with E-state index in [2.05, 4.69) is 73.6 Å². The lowest BCUT2D eigenvalue weighted by Gasteiger charge is -2.22. The summed E-state index contributed by atoms with van der Waals surface area (Å²) in [6, 6.07) is 28.6. The first-order chi connectivity index (χ1) is 36.6. The van der Waals surface area contributed by atoms with Gasteiger partial charge in [0, 0.05) is 35.2 Å². The fourth-order valence-corrected chi connectivity index (χ4v) is 8.23. The van der Waals surface area contributed by atoms with Crippen molar-refractivity contribution in [2.45, 2.75) is 112 Å². The van der Waals surface area contributed by atoms with Crippen molar-refractivity contribution in [1.29, 1.82) is 0 Å². The molecule has 0 atom stereocenters. The van der Waals surface area contributed by atoms with Gasteiger partial charge in [-0.05, 0) is 134 Å². The highest BCUT2D eigenvalue weighted by Gasteiger charge is 2.26. The second kappa shape index (κ2) is 17.4. The first-order valence-corrected chi connectivity index (χ1v) is 21.9. The smallest absolute Gasteiger partial charge is 0.149 e. The van der Waals surface area contributed by atoms with Crippen LogP contribution in [0.25, 0.3) is 72.7 Å². The molecule has 2 aromatic heterocycles. The standard InChI is InChI=1S/C60H65N3O/c1-37(2)29-40-21-26-54(51(30-40)42-17-14-13-15-18-42)63-55-20-16-19-49(56(55)62-58(63)52-35-44(38(3)4)34-50(39(5)6)57(52)64)45-31-46(33-48(32-45)60(10,11)12)53-36-43(27-28-61-53)41-22-24-47(25-23-41)59(7,8)9/h13-28,30-39,64H,29H2,1-12H3/i7D3,8D3,9D3,22D,24D,25D,27D,28D,36D. The lowest BCUT2D eigenvalue weighted by Crippen LogP contribution is -2.11. The number of fused-ring (bicyclic) bond motifs is 1. The zero-order valence-corrected chi connectivity index (χ0v) is 38.0. The summed E-state index contributed by atoms with van der Waals surface area (Å²) in [5.74, 6) is 1.10. The van der Waals surface area contributed by atoms with Crippen LogP contribution in [-0.2, 0) is 17.3 Å². The largest absolute Gasteiger partial charge is 0.507 e. The highest BCUT2D eigenvalue weighted by molar-refractivity contribution is 5.98. The zero-order valence-electron chi connectivity index (χ0n) is 53.0. The van der Waals surface area contributed by atoms with E-state index in [4.69, 9.17) is 24.2 Å². The fraction of sp³-hybridized carbons (Fsp3) is 0.300. The molecule has 0 amide bonds. The summed E-state index contributed by atoms with van der Waals surface area (Å²) in [6.45, 7) is 7.23. The van der Waals surface area contributed by atoms with Gasteiger partial charge in [-0.2, -0.15) is 0 Å². The SMILES string of the molecule is [2H]c1cc(-c2c([2H])c([2H])nc(-c3cc(-c4cccc5c4nc(-c4cc(C(C)C)cc(C(C)C)c4O)n5-c4ccc(CC(C)C)cc4-c4ccccc4)cc(C(C)(C)C)c3)c2[2H])c([2H])c([2H])c1C(C([2H])([2H])[2H])(C([2H])([2H])[2H])C([2H])([2H])[2H]. The maximum Gasteiger partial charge on any atom is 0.149 e. The number of para-hydroxylation sites is 1. The summed E-state index contributed by atoms with van der Waals surface area (Å²) in [5, 5.41) is 12.4. The number of phenols is 1. The fourth-order valence-electron chi connectivity index (χ4n) is 8.23. The summed E-state index contributed by atoms with van der Waals surface area (Å²) in [7, 11) is 0. The van der Waals surface area contributed by atoms with Crippen molar-refractivity contribution in [2.24, 2.45) is 5.92 Å². The maximum atomic E-state index is 12.4. The number of imidazole rings is 1. The molecule has 0 aliphatic heterocycles. The minimum absolute atomic E-state index is 0.0251. The molecule has 0 aliphatic rings. The van der Waals surface area contributed by atoms with Gasteiger partial charge in [0.05, 0.1) is 36.2 Å². The van der Waals surface area contributed by atoms with Gasteiger partial charge in [0.1, 0.15) is 11.6 Å². The number of aromatic hydroxyl groups is 1. The molecule has 0 unspecified atom stereocenters. The third-order valence-electron chi connectivity index (χ3n) is 11.7. The normalized spacial score (nSPS) is 16.3. The van der Waals surface area contributed by atoms with Gasteiger partial charge in [-0.25, -0.2) is 4.98 Å². The van der Waals surface area contributed by atoms with E-state index in [0.29, 0.717) is 39.5 Å². The third kappa shape index (κ3) is 8.93. The molecule has 8 rings (SSSR count). The summed E-state index contributed by atoms with van der Waals surface area (Å²) >= 11 is 0. The molecular formula is C60H65N3O. The van der Waals surface area contributed by atoms with Crippen LogP contribution in [0.1, 0.15) is 143 Å². The van der Waals surface area contributed by atoms with Gasteiger partial charge in [-0.15, -0.1) is 0 Å². The van der Waals surface area contributed by atoms with Crippen molar-refractivity contribution < 1.29 is 25.7 Å². The number of phenolic OH excluding ortho intramolecular Hbond substituents is 1. The molecule has 4 heteroatoms. The van der Waals surface area contributed by atoms with Gasteiger partial charge in [-0.1, -0.05) is 168 Å². The molecule has 64 heavy (non-hydrogen) atoms. The number of nitrogens with zero attached hydrogens (tertiary/aromatic N) is 3. The molecule has 4 nitrogen and oxygen atoms in total. The Bertz CT molecular complexity index is 3620. The quantitative estimate of drug-likeness (QED) is 0.149. The Morgan fingerprint density at radius 1 is 0.641 bits per heavy atom. The van der Waals surface area contributed by atoms with E-state index in [1.165, 1.54) is 0 Å². The van der Waals surface area contributed by atoms with E-state index in [0.717, 1.165) is 57.1 Å². The Kier molecular flexibility index (Phi) is 7.93. The third-order valence-corrected chi connectivity index (χ3v) is 11.7. The Morgan fingerprint density at radius 2 is 1.41 bits per heavy atom. The van der Waals surface area contributed by atoms with Crippen LogP contribution in [0.15, 0.2) is 140 Å². The molecule has 0 saturated heterocycles. The molecule has 0 fully saturated rings. The number of rotatable bonds is 10. The van der Waals surface area contributed by atoms with Gasteiger partial charge < -0.3 is 5.11 Å². The molecule has 326 valence electrons. The van der Waals surface area contributed by atoms with Crippen LogP contribution in [0.4, 0.5) is 0 Å². The van der Waals surface area contributed by atoms with Crippen molar-refractivity contribution in [1.82, 2.24) is 14.5 Å². The molecular weight excluding hydrogens is 779 g/mol. The number of pyridine rings is 1. The van der Waals surface area contributed by atoms with Gasteiger partial charge >= 0.3 is 0 Å².